The third-order valence-corrected chi connectivity index (χ3v) is 3.04. The summed E-state index contributed by atoms with van der Waals surface area (Å²) in [5.74, 6) is 0.182. The van der Waals surface area contributed by atoms with Crippen LogP contribution in [-0.2, 0) is 0 Å². The number of benzene rings is 1. The van der Waals surface area contributed by atoms with Crippen molar-refractivity contribution in [2.75, 3.05) is 13.6 Å². The Labute approximate surface area is 104 Å². The average molecular weight is 237 g/mol. The van der Waals surface area contributed by atoms with Gasteiger partial charge in [0.2, 0.25) is 0 Å². The molecule has 1 unspecified atom stereocenters. The second-order valence-electron chi connectivity index (χ2n) is 5.88. The Hall–Kier alpha value is -0.890. The molecule has 0 saturated heterocycles. The number of likely N-dealkylation sites (N-methyl/N-ethyl adjacent to an activating group) is 1. The zero-order valence-corrected chi connectivity index (χ0v) is 11.4. The van der Waals surface area contributed by atoms with Crippen molar-refractivity contribution < 1.29 is 4.39 Å². The molecule has 0 aromatic heterocycles. The zero-order valence-electron chi connectivity index (χ0n) is 11.4. The van der Waals surface area contributed by atoms with Crippen molar-refractivity contribution in [3.63, 3.8) is 0 Å². The van der Waals surface area contributed by atoms with Gasteiger partial charge in [0.25, 0.3) is 0 Å². The van der Waals surface area contributed by atoms with E-state index in [1.54, 1.807) is 12.1 Å². The second-order valence-corrected chi connectivity index (χ2v) is 5.88. The van der Waals surface area contributed by atoms with Crippen LogP contribution in [0.3, 0.4) is 0 Å². The topological polar surface area (TPSA) is 12.0 Å². The first-order chi connectivity index (χ1) is 7.94. The lowest BCUT2D eigenvalue weighted by Crippen LogP contribution is -2.20. The second kappa shape index (κ2) is 6.15. The minimum absolute atomic E-state index is 0.0818. The van der Waals surface area contributed by atoms with Crippen molar-refractivity contribution in [1.29, 1.82) is 0 Å². The van der Waals surface area contributed by atoms with Crippen LogP contribution in [-0.4, -0.2) is 13.6 Å². The zero-order chi connectivity index (χ0) is 12.9. The normalized spacial score (nSPS) is 13.7. The van der Waals surface area contributed by atoms with Gasteiger partial charge in [-0.1, -0.05) is 39.0 Å². The van der Waals surface area contributed by atoms with Crippen LogP contribution in [0.25, 0.3) is 0 Å². The van der Waals surface area contributed by atoms with Crippen LogP contribution < -0.4 is 5.32 Å². The molecule has 2 heteroatoms. The Kier molecular flexibility index (Phi) is 5.13. The number of halogens is 1. The molecule has 0 amide bonds. The van der Waals surface area contributed by atoms with E-state index in [1.807, 2.05) is 19.2 Å². The van der Waals surface area contributed by atoms with E-state index in [0.29, 0.717) is 5.41 Å². The molecule has 1 rings (SSSR count). The Balaban J connectivity index is 2.75. The predicted octanol–water partition coefficient (Wildman–Crippen LogP) is 3.96. The standard InChI is InChI=1S/C15H24FN/c1-15(2,3)10-9-12(11-17-4)13-7-5-6-8-14(13)16/h5-8,12,17H,9-11H2,1-4H3. The summed E-state index contributed by atoms with van der Waals surface area (Å²) >= 11 is 0. The van der Waals surface area contributed by atoms with Crippen LogP contribution in [0.15, 0.2) is 24.3 Å². The Morgan fingerprint density at radius 3 is 2.41 bits per heavy atom. The summed E-state index contributed by atoms with van der Waals surface area (Å²) in [7, 11) is 1.92. The lowest BCUT2D eigenvalue weighted by Gasteiger charge is -2.23. The number of rotatable bonds is 5. The SMILES string of the molecule is CNCC(CCC(C)(C)C)c1ccccc1F. The van der Waals surface area contributed by atoms with Gasteiger partial charge in [0, 0.05) is 6.54 Å². The first kappa shape index (κ1) is 14.2. The van der Waals surface area contributed by atoms with Gasteiger partial charge >= 0.3 is 0 Å². The molecule has 0 aliphatic heterocycles. The third kappa shape index (κ3) is 4.86. The molecule has 0 radical (unpaired) electrons. The van der Waals surface area contributed by atoms with E-state index < -0.39 is 0 Å². The van der Waals surface area contributed by atoms with Crippen LogP contribution in [0.1, 0.15) is 45.1 Å². The van der Waals surface area contributed by atoms with E-state index in [0.717, 1.165) is 24.9 Å². The quantitative estimate of drug-likeness (QED) is 0.817. The van der Waals surface area contributed by atoms with Gasteiger partial charge in [-0.05, 0) is 42.9 Å². The maximum Gasteiger partial charge on any atom is 0.126 e. The first-order valence-electron chi connectivity index (χ1n) is 6.33. The minimum Gasteiger partial charge on any atom is -0.319 e. The van der Waals surface area contributed by atoms with Gasteiger partial charge in [-0.15, -0.1) is 0 Å². The molecule has 0 saturated carbocycles. The van der Waals surface area contributed by atoms with E-state index in [-0.39, 0.29) is 11.7 Å². The fraction of sp³-hybridized carbons (Fsp3) is 0.600. The molecule has 0 fully saturated rings. The molecule has 1 N–H and O–H groups in total. The van der Waals surface area contributed by atoms with Crippen LogP contribution in [0, 0.1) is 11.2 Å². The van der Waals surface area contributed by atoms with Gasteiger partial charge in [0.15, 0.2) is 0 Å². The Bertz CT molecular complexity index is 341. The molecular weight excluding hydrogens is 213 g/mol. The van der Waals surface area contributed by atoms with Gasteiger partial charge in [0.05, 0.1) is 0 Å². The molecular formula is C15H24FN. The molecule has 17 heavy (non-hydrogen) atoms. The molecule has 0 bridgehead atoms. The minimum atomic E-state index is -0.0818. The molecule has 0 aliphatic carbocycles. The summed E-state index contributed by atoms with van der Waals surface area (Å²) in [6.07, 6.45) is 2.12. The van der Waals surface area contributed by atoms with Gasteiger partial charge in [-0.25, -0.2) is 4.39 Å². The van der Waals surface area contributed by atoms with Crippen molar-refractivity contribution in [2.45, 2.75) is 39.5 Å². The third-order valence-electron chi connectivity index (χ3n) is 3.04. The summed E-state index contributed by atoms with van der Waals surface area (Å²) < 4.78 is 13.8. The largest absolute Gasteiger partial charge is 0.319 e. The summed E-state index contributed by atoms with van der Waals surface area (Å²) in [6.45, 7) is 7.51. The molecule has 0 aliphatic rings. The van der Waals surface area contributed by atoms with E-state index in [9.17, 15) is 4.39 Å². The molecule has 96 valence electrons. The highest BCUT2D eigenvalue weighted by molar-refractivity contribution is 5.22. The molecule has 1 aromatic rings. The van der Waals surface area contributed by atoms with E-state index in [2.05, 4.69) is 26.1 Å². The van der Waals surface area contributed by atoms with E-state index >= 15 is 0 Å². The fourth-order valence-corrected chi connectivity index (χ4v) is 2.03. The fourth-order valence-electron chi connectivity index (χ4n) is 2.03. The maximum absolute atomic E-state index is 13.8. The van der Waals surface area contributed by atoms with Crippen LogP contribution in [0.2, 0.25) is 0 Å². The monoisotopic (exact) mass is 237 g/mol. The summed E-state index contributed by atoms with van der Waals surface area (Å²) in [6, 6.07) is 7.12. The summed E-state index contributed by atoms with van der Waals surface area (Å²) in [5.41, 5.74) is 1.14. The van der Waals surface area contributed by atoms with Gasteiger partial charge in [-0.2, -0.15) is 0 Å². The number of hydrogen-bond acceptors (Lipinski definition) is 1. The van der Waals surface area contributed by atoms with E-state index in [4.69, 9.17) is 0 Å². The van der Waals surface area contributed by atoms with Crippen molar-refractivity contribution in [3.05, 3.63) is 35.6 Å². The number of nitrogens with one attached hydrogen (secondary N) is 1. The van der Waals surface area contributed by atoms with Crippen molar-refractivity contribution in [1.82, 2.24) is 5.32 Å². The lowest BCUT2D eigenvalue weighted by molar-refractivity contribution is 0.343. The highest BCUT2D eigenvalue weighted by atomic mass is 19.1. The molecule has 1 nitrogen and oxygen atoms in total. The van der Waals surface area contributed by atoms with Crippen LogP contribution in [0.5, 0.6) is 0 Å². The number of hydrogen-bond donors (Lipinski definition) is 1. The molecule has 1 aromatic carbocycles. The Morgan fingerprint density at radius 2 is 1.88 bits per heavy atom. The van der Waals surface area contributed by atoms with Crippen molar-refractivity contribution in [2.24, 2.45) is 5.41 Å². The first-order valence-corrected chi connectivity index (χ1v) is 6.33. The molecule has 0 heterocycles. The van der Waals surface area contributed by atoms with Gasteiger partial charge < -0.3 is 5.32 Å². The highest BCUT2D eigenvalue weighted by Crippen LogP contribution is 2.29. The summed E-state index contributed by atoms with van der Waals surface area (Å²) in [4.78, 5) is 0. The Morgan fingerprint density at radius 1 is 1.24 bits per heavy atom. The maximum atomic E-state index is 13.8. The molecule has 1 atom stereocenters. The van der Waals surface area contributed by atoms with Crippen LogP contribution in [0.4, 0.5) is 4.39 Å². The smallest absolute Gasteiger partial charge is 0.126 e. The van der Waals surface area contributed by atoms with Crippen molar-refractivity contribution in [3.8, 4) is 0 Å². The predicted molar refractivity (Wildman–Crippen MR) is 71.8 cm³/mol. The van der Waals surface area contributed by atoms with Gasteiger partial charge in [0.1, 0.15) is 5.82 Å². The molecule has 0 spiro atoms. The van der Waals surface area contributed by atoms with Crippen LogP contribution >= 0.6 is 0 Å². The van der Waals surface area contributed by atoms with Crippen molar-refractivity contribution >= 4 is 0 Å². The van der Waals surface area contributed by atoms with E-state index in [1.165, 1.54) is 0 Å². The lowest BCUT2D eigenvalue weighted by atomic mass is 9.84. The summed E-state index contributed by atoms with van der Waals surface area (Å²) in [5, 5.41) is 3.16. The highest BCUT2D eigenvalue weighted by Gasteiger charge is 2.18. The van der Waals surface area contributed by atoms with Gasteiger partial charge in [-0.3, -0.25) is 0 Å². The average Bonchev–Trinajstić information content (AvgIpc) is 2.24.